The molecule has 1 aromatic rings. The summed E-state index contributed by atoms with van der Waals surface area (Å²) in [6, 6.07) is 1.36. The van der Waals surface area contributed by atoms with Crippen LogP contribution >= 0.6 is 23.7 Å². The summed E-state index contributed by atoms with van der Waals surface area (Å²) in [6.07, 6.45) is 0.800. The van der Waals surface area contributed by atoms with Crippen LogP contribution in [-0.2, 0) is 4.79 Å². The van der Waals surface area contributed by atoms with Crippen molar-refractivity contribution in [3.8, 4) is 0 Å². The molecule has 1 aromatic heterocycles. The monoisotopic (exact) mass is 317 g/mol. The third kappa shape index (κ3) is 3.94. The lowest BCUT2D eigenvalue weighted by atomic mass is 10.3. The lowest BCUT2D eigenvalue weighted by Gasteiger charge is -2.23. The fourth-order valence-electron chi connectivity index (χ4n) is 2.20. The van der Waals surface area contributed by atoms with Gasteiger partial charge in [0.2, 0.25) is 5.91 Å². The van der Waals surface area contributed by atoms with E-state index in [1.807, 2.05) is 21.7 Å². The van der Waals surface area contributed by atoms with Crippen molar-refractivity contribution in [1.82, 2.24) is 9.80 Å². The Balaban J connectivity index is 0.00000200. The van der Waals surface area contributed by atoms with Crippen LogP contribution in [0.4, 0.5) is 0 Å². The standard InChI is InChI=1S/C13H19N3O2S.ClH/c1-10(14)12(17)15-4-2-5-16(7-6-15)13(18)11-3-8-19-9-11;/h3,8-10H,2,4-7,14H2,1H3;1H/t10-;/m1./s1. The molecule has 1 aliphatic heterocycles. The number of rotatable bonds is 2. The van der Waals surface area contributed by atoms with Crippen molar-refractivity contribution >= 4 is 35.6 Å². The normalized spacial score (nSPS) is 17.1. The molecule has 112 valence electrons. The molecule has 2 heterocycles. The minimum Gasteiger partial charge on any atom is -0.340 e. The molecular weight excluding hydrogens is 298 g/mol. The van der Waals surface area contributed by atoms with Gasteiger partial charge < -0.3 is 15.5 Å². The van der Waals surface area contributed by atoms with Gasteiger partial charge in [0.15, 0.2) is 0 Å². The number of nitrogens with two attached hydrogens (primary N) is 1. The molecule has 7 heteroatoms. The summed E-state index contributed by atoms with van der Waals surface area (Å²) in [5.41, 5.74) is 6.35. The van der Waals surface area contributed by atoms with Crippen molar-refractivity contribution in [1.29, 1.82) is 0 Å². The highest BCUT2D eigenvalue weighted by molar-refractivity contribution is 7.08. The van der Waals surface area contributed by atoms with Gasteiger partial charge in [0.1, 0.15) is 0 Å². The SMILES string of the molecule is C[C@@H](N)C(=O)N1CCCN(C(=O)c2ccsc2)CC1.Cl. The number of hydrogen-bond donors (Lipinski definition) is 1. The van der Waals surface area contributed by atoms with E-state index in [0.717, 1.165) is 12.0 Å². The number of hydrogen-bond acceptors (Lipinski definition) is 4. The van der Waals surface area contributed by atoms with Gasteiger partial charge in [-0.15, -0.1) is 12.4 Å². The first-order chi connectivity index (χ1) is 9.09. The van der Waals surface area contributed by atoms with Crippen LogP contribution in [0.25, 0.3) is 0 Å². The predicted octanol–water partition coefficient (Wildman–Crippen LogP) is 1.19. The summed E-state index contributed by atoms with van der Waals surface area (Å²) in [6.45, 7) is 4.20. The second kappa shape index (κ2) is 7.61. The Kier molecular flexibility index (Phi) is 6.45. The number of thiophene rings is 1. The number of carbonyl (C=O) groups excluding carboxylic acids is 2. The van der Waals surface area contributed by atoms with Crippen molar-refractivity contribution in [2.75, 3.05) is 26.2 Å². The highest BCUT2D eigenvalue weighted by Gasteiger charge is 2.24. The maximum atomic E-state index is 12.2. The second-order valence-corrected chi connectivity index (χ2v) is 5.55. The Labute approximate surface area is 129 Å². The van der Waals surface area contributed by atoms with Gasteiger partial charge in [-0.25, -0.2) is 0 Å². The van der Waals surface area contributed by atoms with Crippen LogP contribution < -0.4 is 5.73 Å². The average molecular weight is 318 g/mol. The Bertz CT molecular complexity index is 450. The van der Waals surface area contributed by atoms with Crippen molar-refractivity contribution in [3.63, 3.8) is 0 Å². The topological polar surface area (TPSA) is 66.6 Å². The Morgan fingerprint density at radius 2 is 1.90 bits per heavy atom. The van der Waals surface area contributed by atoms with E-state index in [9.17, 15) is 9.59 Å². The minimum absolute atomic E-state index is 0. The fraction of sp³-hybridized carbons (Fsp3) is 0.538. The van der Waals surface area contributed by atoms with Crippen LogP contribution in [0.1, 0.15) is 23.7 Å². The van der Waals surface area contributed by atoms with Crippen molar-refractivity contribution < 1.29 is 9.59 Å². The van der Waals surface area contributed by atoms with Crippen LogP contribution in [0.5, 0.6) is 0 Å². The molecule has 0 spiro atoms. The van der Waals surface area contributed by atoms with Gasteiger partial charge in [-0.1, -0.05) is 0 Å². The number of halogens is 1. The maximum absolute atomic E-state index is 12.2. The van der Waals surface area contributed by atoms with Gasteiger partial charge in [0.25, 0.3) is 5.91 Å². The molecule has 1 aliphatic rings. The van der Waals surface area contributed by atoms with Gasteiger partial charge in [-0.05, 0) is 24.8 Å². The summed E-state index contributed by atoms with van der Waals surface area (Å²) in [4.78, 5) is 27.7. The molecule has 1 atom stereocenters. The first kappa shape index (κ1) is 16.9. The van der Waals surface area contributed by atoms with E-state index < -0.39 is 6.04 Å². The molecule has 2 rings (SSSR count). The molecule has 20 heavy (non-hydrogen) atoms. The molecule has 5 nitrogen and oxygen atoms in total. The molecular formula is C13H20ClN3O2S. The summed E-state index contributed by atoms with van der Waals surface area (Å²) < 4.78 is 0. The molecule has 0 saturated carbocycles. The zero-order valence-corrected chi connectivity index (χ0v) is 13.1. The lowest BCUT2D eigenvalue weighted by Crippen LogP contribution is -2.44. The molecule has 0 unspecified atom stereocenters. The second-order valence-electron chi connectivity index (χ2n) is 4.77. The van der Waals surface area contributed by atoms with Gasteiger partial charge in [0.05, 0.1) is 11.6 Å². The number of nitrogens with zero attached hydrogens (tertiary/aromatic N) is 2. The van der Waals surface area contributed by atoms with E-state index >= 15 is 0 Å². The van der Waals surface area contributed by atoms with Gasteiger partial charge in [-0.2, -0.15) is 11.3 Å². The van der Waals surface area contributed by atoms with Crippen LogP contribution in [0, 0.1) is 0 Å². The molecule has 1 saturated heterocycles. The van der Waals surface area contributed by atoms with Gasteiger partial charge >= 0.3 is 0 Å². The molecule has 2 amide bonds. The first-order valence-corrected chi connectivity index (χ1v) is 7.39. The smallest absolute Gasteiger partial charge is 0.254 e. The molecule has 0 aromatic carbocycles. The zero-order chi connectivity index (χ0) is 13.8. The van der Waals surface area contributed by atoms with Crippen molar-refractivity contribution in [2.45, 2.75) is 19.4 Å². The highest BCUT2D eigenvalue weighted by atomic mass is 35.5. The van der Waals surface area contributed by atoms with E-state index in [1.54, 1.807) is 11.8 Å². The van der Waals surface area contributed by atoms with Gasteiger partial charge in [0, 0.05) is 31.6 Å². The Morgan fingerprint density at radius 3 is 2.50 bits per heavy atom. The van der Waals surface area contributed by atoms with Crippen LogP contribution in [-0.4, -0.2) is 53.8 Å². The largest absolute Gasteiger partial charge is 0.340 e. The summed E-state index contributed by atoms with van der Waals surface area (Å²) >= 11 is 1.52. The lowest BCUT2D eigenvalue weighted by molar-refractivity contribution is -0.132. The van der Waals surface area contributed by atoms with Crippen LogP contribution in [0.2, 0.25) is 0 Å². The van der Waals surface area contributed by atoms with Crippen LogP contribution in [0.3, 0.4) is 0 Å². The molecule has 0 aliphatic carbocycles. The first-order valence-electron chi connectivity index (χ1n) is 6.45. The summed E-state index contributed by atoms with van der Waals surface area (Å²) in [5, 5.41) is 3.76. The number of carbonyl (C=O) groups is 2. The fourth-order valence-corrected chi connectivity index (χ4v) is 2.83. The Hall–Kier alpha value is -1.11. The minimum atomic E-state index is -0.473. The zero-order valence-electron chi connectivity index (χ0n) is 11.4. The van der Waals surface area contributed by atoms with E-state index in [2.05, 4.69) is 0 Å². The summed E-state index contributed by atoms with van der Waals surface area (Å²) in [7, 11) is 0. The van der Waals surface area contributed by atoms with E-state index in [4.69, 9.17) is 5.73 Å². The molecule has 0 radical (unpaired) electrons. The Morgan fingerprint density at radius 1 is 1.25 bits per heavy atom. The van der Waals surface area contributed by atoms with Crippen molar-refractivity contribution in [3.05, 3.63) is 22.4 Å². The quantitative estimate of drug-likeness (QED) is 0.891. The molecule has 2 N–H and O–H groups in total. The highest BCUT2D eigenvalue weighted by Crippen LogP contribution is 2.12. The summed E-state index contributed by atoms with van der Waals surface area (Å²) in [5.74, 6) is 0.0150. The van der Waals surface area contributed by atoms with E-state index in [0.29, 0.717) is 26.2 Å². The third-order valence-corrected chi connectivity index (χ3v) is 3.94. The van der Waals surface area contributed by atoms with E-state index in [-0.39, 0.29) is 24.2 Å². The third-order valence-electron chi connectivity index (χ3n) is 3.25. The van der Waals surface area contributed by atoms with Crippen LogP contribution in [0.15, 0.2) is 16.8 Å². The van der Waals surface area contributed by atoms with E-state index in [1.165, 1.54) is 11.3 Å². The van der Waals surface area contributed by atoms with Crippen molar-refractivity contribution in [2.24, 2.45) is 5.73 Å². The van der Waals surface area contributed by atoms with Gasteiger partial charge in [-0.3, -0.25) is 9.59 Å². The maximum Gasteiger partial charge on any atom is 0.254 e. The predicted molar refractivity (Wildman–Crippen MR) is 82.3 cm³/mol. The molecule has 1 fully saturated rings. The average Bonchev–Trinajstić information content (AvgIpc) is 2.81. The molecule has 0 bridgehead atoms. The number of amides is 2.